The molecule has 0 unspecified atom stereocenters. The summed E-state index contributed by atoms with van der Waals surface area (Å²) < 4.78 is 0. The van der Waals surface area contributed by atoms with Crippen molar-refractivity contribution in [3.63, 3.8) is 0 Å². The van der Waals surface area contributed by atoms with Crippen LogP contribution >= 0.6 is 11.6 Å². The van der Waals surface area contributed by atoms with Gasteiger partial charge < -0.3 is 10.4 Å². The highest BCUT2D eigenvalue weighted by Gasteiger charge is 2.13. The van der Waals surface area contributed by atoms with E-state index in [0.717, 1.165) is 18.4 Å². The van der Waals surface area contributed by atoms with Crippen molar-refractivity contribution in [1.29, 1.82) is 0 Å². The fourth-order valence-corrected chi connectivity index (χ4v) is 2.90. The van der Waals surface area contributed by atoms with Gasteiger partial charge in [0.2, 0.25) is 5.91 Å². The Bertz CT molecular complexity index is 697. The summed E-state index contributed by atoms with van der Waals surface area (Å²) >= 11 is 5.86. The maximum Gasteiger partial charge on any atom is 0.228 e. The Morgan fingerprint density at radius 1 is 1.14 bits per heavy atom. The van der Waals surface area contributed by atoms with Gasteiger partial charge in [0, 0.05) is 5.02 Å². The molecule has 0 atom stereocenters. The lowest BCUT2D eigenvalue weighted by molar-refractivity contribution is -0.115. The van der Waals surface area contributed by atoms with Gasteiger partial charge in [-0.15, -0.1) is 0 Å². The van der Waals surface area contributed by atoms with Crippen molar-refractivity contribution >= 4 is 23.2 Å². The topological polar surface area (TPSA) is 49.3 Å². The minimum absolute atomic E-state index is 0.0155. The number of hydrogen-bond acceptors (Lipinski definition) is 2. The van der Waals surface area contributed by atoms with E-state index in [1.807, 2.05) is 6.07 Å². The summed E-state index contributed by atoms with van der Waals surface area (Å²) in [6.45, 7) is 0. The van der Waals surface area contributed by atoms with Crippen molar-refractivity contribution in [2.45, 2.75) is 25.7 Å². The van der Waals surface area contributed by atoms with E-state index in [4.69, 9.17) is 11.6 Å². The Morgan fingerprint density at radius 3 is 2.81 bits per heavy atom. The number of benzene rings is 2. The molecule has 2 N–H and O–H groups in total. The number of aryl methyl sites for hydroxylation is 2. The highest BCUT2D eigenvalue weighted by atomic mass is 35.5. The first-order chi connectivity index (χ1) is 10.1. The number of carbonyl (C=O) groups is 1. The zero-order valence-corrected chi connectivity index (χ0v) is 12.3. The maximum absolute atomic E-state index is 12.1. The number of halogens is 1. The molecular weight excluding hydrogens is 286 g/mol. The van der Waals surface area contributed by atoms with Gasteiger partial charge in [-0.25, -0.2) is 0 Å². The summed E-state index contributed by atoms with van der Waals surface area (Å²) in [5, 5.41) is 12.9. The normalized spacial score (nSPS) is 13.0. The molecule has 2 aromatic rings. The Hall–Kier alpha value is -2.00. The summed E-state index contributed by atoms with van der Waals surface area (Å²) in [7, 11) is 0. The van der Waals surface area contributed by atoms with Crippen molar-refractivity contribution in [2.75, 3.05) is 5.32 Å². The van der Waals surface area contributed by atoms with Crippen LogP contribution in [0, 0.1) is 0 Å². The Morgan fingerprint density at radius 2 is 1.95 bits per heavy atom. The van der Waals surface area contributed by atoms with E-state index in [0.29, 0.717) is 17.1 Å². The molecule has 21 heavy (non-hydrogen) atoms. The number of aromatic hydroxyl groups is 1. The Kier molecular flexibility index (Phi) is 3.84. The molecule has 1 amide bonds. The minimum atomic E-state index is -0.162. The highest BCUT2D eigenvalue weighted by molar-refractivity contribution is 6.31. The second-order valence-corrected chi connectivity index (χ2v) is 5.78. The van der Waals surface area contributed by atoms with Crippen molar-refractivity contribution in [2.24, 2.45) is 0 Å². The standard InChI is InChI=1S/C17H16ClNO2/c18-14-6-7-16(20)15(10-14)19-17(21)9-11-4-5-12-2-1-3-13(12)8-11/h4-8,10,20H,1-3,9H2,(H,19,21). The van der Waals surface area contributed by atoms with Gasteiger partial charge in [-0.2, -0.15) is 0 Å². The smallest absolute Gasteiger partial charge is 0.228 e. The predicted octanol–water partition coefficient (Wildman–Crippen LogP) is 3.72. The van der Waals surface area contributed by atoms with Crippen LogP contribution in [0.1, 0.15) is 23.1 Å². The van der Waals surface area contributed by atoms with Crippen molar-refractivity contribution < 1.29 is 9.90 Å². The lowest BCUT2D eigenvalue weighted by Crippen LogP contribution is -2.14. The number of anilines is 1. The summed E-state index contributed by atoms with van der Waals surface area (Å²) in [6, 6.07) is 10.8. The van der Waals surface area contributed by atoms with E-state index in [-0.39, 0.29) is 11.7 Å². The number of nitrogens with one attached hydrogen (secondary N) is 1. The van der Waals surface area contributed by atoms with Crippen molar-refractivity contribution in [3.05, 3.63) is 58.1 Å². The van der Waals surface area contributed by atoms with Crippen LogP contribution in [0.3, 0.4) is 0 Å². The van der Waals surface area contributed by atoms with Crippen LogP contribution in [0.25, 0.3) is 0 Å². The van der Waals surface area contributed by atoms with Gasteiger partial charge in [0.05, 0.1) is 12.1 Å². The minimum Gasteiger partial charge on any atom is -0.506 e. The third kappa shape index (κ3) is 3.19. The second kappa shape index (κ2) is 5.78. The first-order valence-electron chi connectivity index (χ1n) is 7.01. The molecule has 0 bridgehead atoms. The van der Waals surface area contributed by atoms with Crippen LogP contribution in [-0.4, -0.2) is 11.0 Å². The van der Waals surface area contributed by atoms with Crippen LogP contribution < -0.4 is 5.32 Å². The van der Waals surface area contributed by atoms with Gasteiger partial charge in [0.1, 0.15) is 5.75 Å². The average molecular weight is 302 g/mol. The number of carbonyl (C=O) groups excluding carboxylic acids is 1. The SMILES string of the molecule is O=C(Cc1ccc2c(c1)CCC2)Nc1cc(Cl)ccc1O. The number of rotatable bonds is 3. The number of phenolic OH excluding ortho intramolecular Hbond substituents is 1. The van der Waals surface area contributed by atoms with E-state index < -0.39 is 0 Å². The molecule has 0 radical (unpaired) electrons. The third-order valence-corrected chi connectivity index (χ3v) is 4.00. The first kappa shape index (κ1) is 14.0. The molecule has 0 aromatic heterocycles. The molecule has 2 aromatic carbocycles. The monoisotopic (exact) mass is 301 g/mol. The Labute approximate surface area is 128 Å². The molecule has 108 valence electrons. The van der Waals surface area contributed by atoms with Crippen LogP contribution in [0.2, 0.25) is 5.02 Å². The summed E-state index contributed by atoms with van der Waals surface area (Å²) in [6.07, 6.45) is 3.72. The molecule has 0 heterocycles. The van der Waals surface area contributed by atoms with Gasteiger partial charge in [-0.3, -0.25) is 4.79 Å². The number of hydrogen-bond donors (Lipinski definition) is 2. The van der Waals surface area contributed by atoms with E-state index >= 15 is 0 Å². The van der Waals surface area contributed by atoms with Crippen LogP contribution in [-0.2, 0) is 24.1 Å². The molecule has 0 spiro atoms. The largest absolute Gasteiger partial charge is 0.506 e. The third-order valence-electron chi connectivity index (χ3n) is 3.76. The molecule has 0 saturated carbocycles. The van der Waals surface area contributed by atoms with Gasteiger partial charge in [0.15, 0.2) is 0 Å². The summed E-state index contributed by atoms with van der Waals surface area (Å²) in [5.41, 5.74) is 4.08. The van der Waals surface area contributed by atoms with E-state index in [2.05, 4.69) is 17.4 Å². The number of amides is 1. The fraction of sp³-hybridized carbons (Fsp3) is 0.235. The number of fused-ring (bicyclic) bond motifs is 1. The van der Waals surface area contributed by atoms with Gasteiger partial charge in [-0.1, -0.05) is 29.8 Å². The predicted molar refractivity (Wildman–Crippen MR) is 83.9 cm³/mol. The van der Waals surface area contributed by atoms with Crippen molar-refractivity contribution in [3.8, 4) is 5.75 Å². The zero-order chi connectivity index (χ0) is 14.8. The number of phenols is 1. The molecule has 4 heteroatoms. The Balaban J connectivity index is 1.70. The van der Waals surface area contributed by atoms with Crippen LogP contribution in [0.4, 0.5) is 5.69 Å². The molecule has 0 fully saturated rings. The van der Waals surface area contributed by atoms with Gasteiger partial charge >= 0.3 is 0 Å². The molecule has 0 saturated heterocycles. The molecule has 0 aliphatic heterocycles. The molecule has 1 aliphatic carbocycles. The quantitative estimate of drug-likeness (QED) is 0.849. The summed E-state index contributed by atoms with van der Waals surface area (Å²) in [4.78, 5) is 12.1. The van der Waals surface area contributed by atoms with Gasteiger partial charge in [0.25, 0.3) is 0 Å². The first-order valence-corrected chi connectivity index (χ1v) is 7.38. The van der Waals surface area contributed by atoms with Gasteiger partial charge in [-0.05, 0) is 54.2 Å². The van der Waals surface area contributed by atoms with E-state index in [9.17, 15) is 9.90 Å². The van der Waals surface area contributed by atoms with Crippen LogP contribution in [0.5, 0.6) is 5.75 Å². The van der Waals surface area contributed by atoms with E-state index in [1.54, 1.807) is 6.07 Å². The molecule has 1 aliphatic rings. The van der Waals surface area contributed by atoms with Crippen LogP contribution in [0.15, 0.2) is 36.4 Å². The molecule has 3 nitrogen and oxygen atoms in total. The lowest BCUT2D eigenvalue weighted by atomic mass is 10.0. The lowest BCUT2D eigenvalue weighted by Gasteiger charge is -2.09. The molecular formula is C17H16ClNO2. The maximum atomic E-state index is 12.1. The second-order valence-electron chi connectivity index (χ2n) is 5.34. The fourth-order valence-electron chi connectivity index (χ4n) is 2.72. The summed E-state index contributed by atoms with van der Waals surface area (Å²) in [5.74, 6) is -0.146. The van der Waals surface area contributed by atoms with Crippen molar-refractivity contribution in [1.82, 2.24) is 0 Å². The van der Waals surface area contributed by atoms with E-state index in [1.165, 1.54) is 29.7 Å². The zero-order valence-electron chi connectivity index (χ0n) is 11.5. The highest BCUT2D eigenvalue weighted by Crippen LogP contribution is 2.27. The average Bonchev–Trinajstić information content (AvgIpc) is 2.90. The molecule has 3 rings (SSSR count).